The summed E-state index contributed by atoms with van der Waals surface area (Å²) >= 11 is 0. The third-order valence-electron chi connectivity index (χ3n) is 2.72. The molecule has 18 heavy (non-hydrogen) atoms. The predicted molar refractivity (Wildman–Crippen MR) is 63.8 cm³/mol. The van der Waals surface area contributed by atoms with Gasteiger partial charge in [-0.05, 0) is 13.0 Å². The molecule has 5 nitrogen and oxygen atoms in total. The highest BCUT2D eigenvalue weighted by Gasteiger charge is 2.17. The molecule has 0 spiro atoms. The molecule has 0 radical (unpaired) electrons. The molecule has 1 heterocycles. The first-order chi connectivity index (χ1) is 8.50. The lowest BCUT2D eigenvalue weighted by Crippen LogP contribution is -2.08. The van der Waals surface area contributed by atoms with E-state index in [1.807, 2.05) is 0 Å². The van der Waals surface area contributed by atoms with Gasteiger partial charge in [0.2, 0.25) is 0 Å². The maximum Gasteiger partial charge on any atom is 0.356 e. The quantitative estimate of drug-likeness (QED) is 0.866. The van der Waals surface area contributed by atoms with E-state index in [0.29, 0.717) is 11.1 Å². The number of nitrogen functional groups attached to an aromatic ring is 1. The van der Waals surface area contributed by atoms with Gasteiger partial charge in [0.05, 0.1) is 6.54 Å². The maximum atomic E-state index is 13.5. The van der Waals surface area contributed by atoms with E-state index in [0.717, 1.165) is 0 Å². The van der Waals surface area contributed by atoms with Gasteiger partial charge >= 0.3 is 5.97 Å². The maximum absolute atomic E-state index is 13.5. The van der Waals surface area contributed by atoms with Gasteiger partial charge in [-0.25, -0.2) is 13.9 Å². The average molecular weight is 249 g/mol. The minimum absolute atomic E-state index is 0.104. The Bertz CT molecular complexity index is 607. The van der Waals surface area contributed by atoms with E-state index < -0.39 is 5.97 Å². The Kier molecular flexibility index (Phi) is 3.01. The third kappa shape index (κ3) is 2.04. The average Bonchev–Trinajstić information content (AvgIpc) is 2.60. The van der Waals surface area contributed by atoms with Crippen molar-refractivity contribution >= 4 is 11.8 Å². The summed E-state index contributed by atoms with van der Waals surface area (Å²) in [6.07, 6.45) is 0. The highest BCUT2D eigenvalue weighted by molar-refractivity contribution is 5.88. The van der Waals surface area contributed by atoms with Gasteiger partial charge < -0.3 is 10.8 Å². The molecule has 6 heteroatoms. The Labute approximate surface area is 103 Å². The Morgan fingerprint density at radius 3 is 2.72 bits per heavy atom. The van der Waals surface area contributed by atoms with Gasteiger partial charge in [-0.3, -0.25) is 0 Å². The van der Waals surface area contributed by atoms with Crippen LogP contribution in [0.25, 0.3) is 0 Å². The standard InChI is InChI=1S/C12H12FN3O2/c1-7-10(12(17)18)15-16(11(7)14)6-8-4-2-3-5-9(8)13/h2-5H,6,14H2,1H3,(H,17,18). The van der Waals surface area contributed by atoms with Crippen molar-refractivity contribution in [2.24, 2.45) is 0 Å². The van der Waals surface area contributed by atoms with Crippen LogP contribution in [0.3, 0.4) is 0 Å². The number of anilines is 1. The van der Waals surface area contributed by atoms with E-state index in [2.05, 4.69) is 5.10 Å². The smallest absolute Gasteiger partial charge is 0.356 e. The molecule has 0 amide bonds. The molecule has 94 valence electrons. The van der Waals surface area contributed by atoms with Gasteiger partial charge in [0.1, 0.15) is 11.6 Å². The molecule has 0 aliphatic rings. The zero-order valence-electron chi connectivity index (χ0n) is 9.72. The molecule has 2 rings (SSSR count). The molecule has 3 N–H and O–H groups in total. The Morgan fingerprint density at radius 2 is 2.17 bits per heavy atom. The van der Waals surface area contributed by atoms with Gasteiger partial charge in [-0.15, -0.1) is 0 Å². The third-order valence-corrected chi connectivity index (χ3v) is 2.72. The van der Waals surface area contributed by atoms with Gasteiger partial charge in [0.25, 0.3) is 0 Å². The first-order valence-corrected chi connectivity index (χ1v) is 5.30. The Balaban J connectivity index is 2.39. The number of hydrogen-bond donors (Lipinski definition) is 2. The van der Waals surface area contributed by atoms with Gasteiger partial charge in [0, 0.05) is 11.1 Å². The number of carboxylic acids is 1. The number of halogens is 1. The number of aromatic carboxylic acids is 1. The Morgan fingerprint density at radius 1 is 1.50 bits per heavy atom. The van der Waals surface area contributed by atoms with Crippen molar-refractivity contribution in [1.82, 2.24) is 9.78 Å². The molecule has 1 aromatic heterocycles. The summed E-state index contributed by atoms with van der Waals surface area (Å²) in [4.78, 5) is 10.9. The van der Waals surface area contributed by atoms with Crippen molar-refractivity contribution in [2.75, 3.05) is 5.73 Å². The summed E-state index contributed by atoms with van der Waals surface area (Å²) < 4.78 is 14.8. The zero-order valence-corrected chi connectivity index (χ0v) is 9.72. The molecular formula is C12H12FN3O2. The van der Waals surface area contributed by atoms with Crippen LogP contribution in [0.1, 0.15) is 21.6 Å². The summed E-state index contributed by atoms with van der Waals surface area (Å²) in [5.41, 5.74) is 6.44. The van der Waals surface area contributed by atoms with E-state index in [1.54, 1.807) is 25.1 Å². The Hall–Kier alpha value is -2.37. The zero-order chi connectivity index (χ0) is 13.3. The van der Waals surface area contributed by atoms with E-state index in [9.17, 15) is 9.18 Å². The molecule has 2 aromatic rings. The van der Waals surface area contributed by atoms with E-state index in [1.165, 1.54) is 10.7 Å². The van der Waals surface area contributed by atoms with Crippen LogP contribution >= 0.6 is 0 Å². The number of benzene rings is 1. The normalized spacial score (nSPS) is 10.6. The van der Waals surface area contributed by atoms with Crippen molar-refractivity contribution in [3.63, 3.8) is 0 Å². The topological polar surface area (TPSA) is 81.1 Å². The minimum atomic E-state index is -1.15. The van der Waals surface area contributed by atoms with Crippen molar-refractivity contribution < 1.29 is 14.3 Å². The lowest BCUT2D eigenvalue weighted by Gasteiger charge is -2.05. The summed E-state index contributed by atoms with van der Waals surface area (Å²) in [7, 11) is 0. The first kappa shape index (κ1) is 12.1. The number of carbonyl (C=O) groups is 1. The van der Waals surface area contributed by atoms with Crippen molar-refractivity contribution in [2.45, 2.75) is 13.5 Å². The fourth-order valence-corrected chi connectivity index (χ4v) is 1.68. The van der Waals surface area contributed by atoms with Gasteiger partial charge in [-0.1, -0.05) is 18.2 Å². The summed E-state index contributed by atoms with van der Waals surface area (Å²) in [6, 6.07) is 6.22. The number of rotatable bonds is 3. The molecule has 0 aliphatic carbocycles. The van der Waals surface area contributed by atoms with Crippen LogP contribution in [-0.4, -0.2) is 20.9 Å². The van der Waals surface area contributed by atoms with Crippen LogP contribution in [0.2, 0.25) is 0 Å². The molecule has 1 aromatic carbocycles. The van der Waals surface area contributed by atoms with Gasteiger partial charge in [-0.2, -0.15) is 5.10 Å². The van der Waals surface area contributed by atoms with Gasteiger partial charge in [0.15, 0.2) is 5.69 Å². The largest absolute Gasteiger partial charge is 0.476 e. The number of aromatic nitrogens is 2. The van der Waals surface area contributed by atoms with Crippen molar-refractivity contribution in [3.05, 3.63) is 46.9 Å². The molecule has 0 saturated heterocycles. The molecule has 0 unspecified atom stereocenters. The van der Waals surface area contributed by atoms with Crippen molar-refractivity contribution in [1.29, 1.82) is 0 Å². The molecular weight excluding hydrogens is 237 g/mol. The van der Waals surface area contributed by atoms with Crippen LogP contribution in [0.15, 0.2) is 24.3 Å². The highest BCUT2D eigenvalue weighted by Crippen LogP contribution is 2.18. The number of nitrogens with two attached hydrogens (primary N) is 1. The fraction of sp³-hybridized carbons (Fsp3) is 0.167. The lowest BCUT2D eigenvalue weighted by molar-refractivity contribution is 0.0688. The number of hydrogen-bond acceptors (Lipinski definition) is 3. The summed E-state index contributed by atoms with van der Waals surface area (Å²) in [5, 5.41) is 12.8. The predicted octanol–water partition coefficient (Wildman–Crippen LogP) is 1.66. The second kappa shape index (κ2) is 4.48. The van der Waals surface area contributed by atoms with Crippen LogP contribution < -0.4 is 5.73 Å². The van der Waals surface area contributed by atoms with E-state index >= 15 is 0 Å². The number of nitrogens with zero attached hydrogens (tertiary/aromatic N) is 2. The highest BCUT2D eigenvalue weighted by atomic mass is 19.1. The van der Waals surface area contributed by atoms with E-state index in [-0.39, 0.29) is 23.9 Å². The molecule has 0 bridgehead atoms. The van der Waals surface area contributed by atoms with Crippen LogP contribution in [0, 0.1) is 12.7 Å². The minimum Gasteiger partial charge on any atom is -0.476 e. The second-order valence-corrected chi connectivity index (χ2v) is 3.91. The summed E-state index contributed by atoms with van der Waals surface area (Å²) in [6.45, 7) is 1.68. The van der Waals surface area contributed by atoms with Crippen LogP contribution in [0.4, 0.5) is 10.2 Å². The fourth-order valence-electron chi connectivity index (χ4n) is 1.68. The molecule has 0 fully saturated rings. The molecule has 0 saturated carbocycles. The molecule has 0 atom stereocenters. The van der Waals surface area contributed by atoms with Crippen LogP contribution in [0.5, 0.6) is 0 Å². The summed E-state index contributed by atoms with van der Waals surface area (Å²) in [5.74, 6) is -1.29. The first-order valence-electron chi connectivity index (χ1n) is 5.30. The second-order valence-electron chi connectivity index (χ2n) is 3.91. The monoisotopic (exact) mass is 249 g/mol. The SMILES string of the molecule is Cc1c(C(=O)O)nn(Cc2ccccc2F)c1N. The lowest BCUT2D eigenvalue weighted by atomic mass is 10.2. The van der Waals surface area contributed by atoms with Crippen LogP contribution in [-0.2, 0) is 6.54 Å². The van der Waals surface area contributed by atoms with Crippen molar-refractivity contribution in [3.8, 4) is 0 Å². The molecule has 0 aliphatic heterocycles. The number of carboxylic acid groups (broad SMARTS) is 1. The van der Waals surface area contributed by atoms with E-state index in [4.69, 9.17) is 10.8 Å².